The van der Waals surface area contributed by atoms with Crippen LogP contribution in [0.3, 0.4) is 0 Å². The van der Waals surface area contributed by atoms with Gasteiger partial charge in [0.25, 0.3) is 11.8 Å². The van der Waals surface area contributed by atoms with Crippen molar-refractivity contribution in [3.05, 3.63) is 70.1 Å². The zero-order chi connectivity index (χ0) is 20.7. The molecule has 2 rings (SSSR count). The van der Waals surface area contributed by atoms with Crippen LogP contribution in [0.1, 0.15) is 16.8 Å². The summed E-state index contributed by atoms with van der Waals surface area (Å²) in [5.74, 6) is -1.55. The first-order valence-corrected chi connectivity index (χ1v) is 8.84. The van der Waals surface area contributed by atoms with Crippen LogP contribution in [0.2, 0.25) is 10.0 Å². The van der Waals surface area contributed by atoms with Crippen LogP contribution < -0.4 is 15.4 Å². The van der Waals surface area contributed by atoms with Gasteiger partial charge in [-0.25, -0.2) is 4.39 Å². The van der Waals surface area contributed by atoms with Crippen molar-refractivity contribution in [2.24, 2.45) is 0 Å². The number of ether oxygens (including phenoxy) is 1. The number of rotatable bonds is 8. The van der Waals surface area contributed by atoms with E-state index in [0.29, 0.717) is 5.70 Å². The van der Waals surface area contributed by atoms with E-state index in [1.54, 1.807) is 0 Å². The Hall–Kier alpha value is -2.77. The fraction of sp³-hybridized carbons (Fsp3) is 0.158. The fourth-order valence-electron chi connectivity index (χ4n) is 2.09. The molecule has 2 aromatic rings. The molecule has 0 aliphatic rings. The Morgan fingerprint density at radius 1 is 1.14 bits per heavy atom. The van der Waals surface area contributed by atoms with Gasteiger partial charge in [-0.3, -0.25) is 9.59 Å². The van der Waals surface area contributed by atoms with E-state index in [9.17, 15) is 19.1 Å². The Labute approximate surface area is 170 Å². The maximum Gasteiger partial charge on any atom is 0.262 e. The van der Waals surface area contributed by atoms with Crippen molar-refractivity contribution in [1.82, 2.24) is 10.6 Å². The zero-order valence-corrected chi connectivity index (χ0v) is 16.1. The highest BCUT2D eigenvalue weighted by Crippen LogP contribution is 2.23. The Kier molecular flexibility index (Phi) is 7.66. The van der Waals surface area contributed by atoms with Crippen LogP contribution in [0.25, 0.3) is 0 Å². The predicted octanol–water partition coefficient (Wildman–Crippen LogP) is 3.67. The lowest BCUT2D eigenvalue weighted by molar-refractivity contribution is -0.122. The summed E-state index contributed by atoms with van der Waals surface area (Å²) >= 11 is 11.3. The summed E-state index contributed by atoms with van der Waals surface area (Å²) in [6.07, 6.45) is 0.284. The SMILES string of the molecule is C=C(CCNC(=O)c1ccc(Cl)c(O)c1)NC(=O)COc1ccc(Cl)c(F)c1. The Morgan fingerprint density at radius 2 is 1.86 bits per heavy atom. The number of carbonyl (C=O) groups is 2. The quantitative estimate of drug-likeness (QED) is 0.600. The van der Waals surface area contributed by atoms with Crippen LogP contribution in [0.15, 0.2) is 48.7 Å². The van der Waals surface area contributed by atoms with Gasteiger partial charge < -0.3 is 20.5 Å². The number of nitrogens with one attached hydrogen (secondary N) is 2. The van der Waals surface area contributed by atoms with Gasteiger partial charge in [0, 0.05) is 30.3 Å². The van der Waals surface area contributed by atoms with E-state index in [1.165, 1.54) is 30.3 Å². The van der Waals surface area contributed by atoms with Gasteiger partial charge in [0.15, 0.2) is 6.61 Å². The molecule has 2 amide bonds. The summed E-state index contributed by atoms with van der Waals surface area (Å²) < 4.78 is 18.5. The first-order chi connectivity index (χ1) is 13.3. The molecule has 0 atom stereocenters. The second-order valence-corrected chi connectivity index (χ2v) is 6.50. The standard InChI is InChI=1S/C19H17Cl2FN2O4/c1-11(6-7-23-19(27)12-2-4-15(21)17(25)8-12)24-18(26)10-28-13-3-5-14(20)16(22)9-13/h2-5,8-9,25H,1,6-7,10H2,(H,23,27)(H,24,26). The Bertz CT molecular complexity index is 905. The van der Waals surface area contributed by atoms with Gasteiger partial charge in [-0.05, 0) is 30.3 Å². The molecule has 2 aromatic carbocycles. The molecule has 3 N–H and O–H groups in total. The van der Waals surface area contributed by atoms with E-state index < -0.39 is 17.6 Å². The van der Waals surface area contributed by atoms with E-state index in [4.69, 9.17) is 27.9 Å². The minimum absolute atomic E-state index is 0.0407. The molecular formula is C19H17Cl2FN2O4. The van der Waals surface area contributed by atoms with E-state index >= 15 is 0 Å². The number of aromatic hydroxyl groups is 1. The summed E-state index contributed by atoms with van der Waals surface area (Å²) in [6.45, 7) is 3.57. The van der Waals surface area contributed by atoms with Gasteiger partial charge >= 0.3 is 0 Å². The highest BCUT2D eigenvalue weighted by atomic mass is 35.5. The van der Waals surface area contributed by atoms with Crippen LogP contribution in [-0.4, -0.2) is 30.1 Å². The molecule has 0 radical (unpaired) electrons. The molecular weight excluding hydrogens is 410 g/mol. The molecule has 0 unspecified atom stereocenters. The summed E-state index contributed by atoms with van der Waals surface area (Å²) in [4.78, 5) is 23.8. The van der Waals surface area contributed by atoms with E-state index in [-0.39, 0.29) is 46.7 Å². The first-order valence-electron chi connectivity index (χ1n) is 8.08. The lowest BCUT2D eigenvalue weighted by Gasteiger charge is -2.11. The third-order valence-corrected chi connectivity index (χ3v) is 4.12. The maximum atomic E-state index is 13.3. The largest absolute Gasteiger partial charge is 0.506 e. The molecule has 0 aromatic heterocycles. The third-order valence-electron chi connectivity index (χ3n) is 3.50. The molecule has 0 aliphatic heterocycles. The number of halogens is 3. The number of carbonyl (C=O) groups excluding carboxylic acids is 2. The Balaban J connectivity index is 1.71. The van der Waals surface area contributed by atoms with Crippen molar-refractivity contribution in [3.8, 4) is 11.5 Å². The summed E-state index contributed by atoms with van der Waals surface area (Å²) in [6, 6.07) is 7.99. The number of phenols is 1. The van der Waals surface area contributed by atoms with Crippen LogP contribution >= 0.6 is 23.2 Å². The van der Waals surface area contributed by atoms with Crippen LogP contribution in [0.4, 0.5) is 4.39 Å². The molecule has 9 heteroatoms. The summed E-state index contributed by atoms with van der Waals surface area (Å²) in [7, 11) is 0. The van der Waals surface area contributed by atoms with Crippen LogP contribution in [-0.2, 0) is 4.79 Å². The number of phenolic OH excluding ortho intramolecular Hbond substituents is 1. The molecule has 0 aliphatic carbocycles. The molecule has 6 nitrogen and oxygen atoms in total. The highest BCUT2D eigenvalue weighted by Gasteiger charge is 2.10. The molecule has 0 saturated carbocycles. The second kappa shape index (κ2) is 9.96. The van der Waals surface area contributed by atoms with Crippen LogP contribution in [0, 0.1) is 5.82 Å². The molecule has 0 fully saturated rings. The van der Waals surface area contributed by atoms with Gasteiger partial charge in [0.05, 0.1) is 10.0 Å². The summed E-state index contributed by atoms with van der Waals surface area (Å²) in [5, 5.41) is 14.8. The summed E-state index contributed by atoms with van der Waals surface area (Å²) in [5.41, 5.74) is 0.621. The minimum atomic E-state index is -0.645. The average Bonchev–Trinajstić information content (AvgIpc) is 2.64. The predicted molar refractivity (Wildman–Crippen MR) is 104 cm³/mol. The number of amides is 2. The van der Waals surface area contributed by atoms with Gasteiger partial charge in [0.1, 0.15) is 17.3 Å². The van der Waals surface area contributed by atoms with E-state index in [1.807, 2.05) is 0 Å². The van der Waals surface area contributed by atoms with Gasteiger partial charge in [-0.15, -0.1) is 0 Å². The van der Waals surface area contributed by atoms with Gasteiger partial charge in [-0.2, -0.15) is 0 Å². The van der Waals surface area contributed by atoms with Crippen molar-refractivity contribution < 1.29 is 23.8 Å². The van der Waals surface area contributed by atoms with E-state index in [2.05, 4.69) is 17.2 Å². The lowest BCUT2D eigenvalue weighted by atomic mass is 10.2. The first kappa shape index (κ1) is 21.5. The second-order valence-electron chi connectivity index (χ2n) is 5.69. The van der Waals surface area contributed by atoms with Crippen molar-refractivity contribution in [3.63, 3.8) is 0 Å². The van der Waals surface area contributed by atoms with E-state index in [0.717, 1.165) is 6.07 Å². The molecule has 28 heavy (non-hydrogen) atoms. The minimum Gasteiger partial charge on any atom is -0.506 e. The van der Waals surface area contributed by atoms with Crippen molar-refractivity contribution in [2.45, 2.75) is 6.42 Å². The molecule has 0 saturated heterocycles. The van der Waals surface area contributed by atoms with Crippen molar-refractivity contribution in [1.29, 1.82) is 0 Å². The highest BCUT2D eigenvalue weighted by molar-refractivity contribution is 6.32. The Morgan fingerprint density at radius 3 is 2.54 bits per heavy atom. The number of hydrogen-bond acceptors (Lipinski definition) is 4. The molecule has 0 spiro atoms. The molecule has 0 bridgehead atoms. The van der Waals surface area contributed by atoms with Gasteiger partial charge in [-0.1, -0.05) is 29.8 Å². The topological polar surface area (TPSA) is 87.7 Å². The molecule has 0 heterocycles. The van der Waals surface area contributed by atoms with Crippen molar-refractivity contribution >= 4 is 35.0 Å². The maximum absolute atomic E-state index is 13.3. The average molecular weight is 427 g/mol. The van der Waals surface area contributed by atoms with Gasteiger partial charge in [0.2, 0.25) is 0 Å². The normalized spacial score (nSPS) is 10.2. The monoisotopic (exact) mass is 426 g/mol. The van der Waals surface area contributed by atoms with Crippen molar-refractivity contribution in [2.75, 3.05) is 13.2 Å². The third kappa shape index (κ3) is 6.44. The number of benzene rings is 2. The lowest BCUT2D eigenvalue weighted by Crippen LogP contribution is -2.31. The zero-order valence-electron chi connectivity index (χ0n) is 14.6. The number of hydrogen-bond donors (Lipinski definition) is 3. The fourth-order valence-corrected chi connectivity index (χ4v) is 2.33. The molecule has 148 valence electrons. The van der Waals surface area contributed by atoms with Crippen LogP contribution in [0.5, 0.6) is 11.5 Å². The smallest absolute Gasteiger partial charge is 0.262 e.